The van der Waals surface area contributed by atoms with Crippen LogP contribution in [0.5, 0.6) is 0 Å². The van der Waals surface area contributed by atoms with Crippen LogP contribution in [-0.2, 0) is 23.9 Å². The van der Waals surface area contributed by atoms with E-state index >= 15 is 0 Å². The zero-order valence-electron chi connectivity index (χ0n) is 8.82. The molecule has 0 N–H and O–H groups in total. The number of Topliss-reactive ketones (excluding diaryl/α,β-unsaturated/α-hetero) is 1. The molecule has 1 rings (SSSR count). The maximum absolute atomic E-state index is 11.2. The fourth-order valence-electron chi connectivity index (χ4n) is 1.68. The Morgan fingerprint density at radius 2 is 2.20 bits per heavy atom. The molecule has 0 bridgehead atoms. The number of ketones is 1. The van der Waals surface area contributed by atoms with Crippen molar-refractivity contribution in [1.82, 2.24) is 0 Å². The van der Waals surface area contributed by atoms with Crippen LogP contribution in [0.15, 0.2) is 0 Å². The second kappa shape index (κ2) is 4.91. The molecule has 2 unspecified atom stereocenters. The SMILES string of the molecule is CCOC(=O)CC1COC(=O)C1C(C)=O. The molecule has 84 valence electrons. The number of ether oxygens (including phenoxy) is 2. The summed E-state index contributed by atoms with van der Waals surface area (Å²) in [5, 5.41) is 0. The smallest absolute Gasteiger partial charge is 0.316 e. The number of esters is 2. The lowest BCUT2D eigenvalue weighted by Gasteiger charge is -2.10. The molecule has 1 fully saturated rings. The highest BCUT2D eigenvalue weighted by molar-refractivity contribution is 5.99. The van der Waals surface area contributed by atoms with Crippen molar-refractivity contribution in [3.8, 4) is 0 Å². The van der Waals surface area contributed by atoms with Gasteiger partial charge in [0.25, 0.3) is 0 Å². The van der Waals surface area contributed by atoms with Crippen LogP contribution in [0.25, 0.3) is 0 Å². The van der Waals surface area contributed by atoms with Gasteiger partial charge in [-0.2, -0.15) is 0 Å². The van der Waals surface area contributed by atoms with Gasteiger partial charge in [0.05, 0.1) is 19.6 Å². The van der Waals surface area contributed by atoms with E-state index in [0.29, 0.717) is 6.61 Å². The Hall–Kier alpha value is -1.39. The Morgan fingerprint density at radius 3 is 2.73 bits per heavy atom. The summed E-state index contributed by atoms with van der Waals surface area (Å²) in [5.41, 5.74) is 0. The zero-order valence-corrected chi connectivity index (χ0v) is 8.82. The number of hydrogen-bond donors (Lipinski definition) is 0. The molecule has 0 aromatic heterocycles. The lowest BCUT2D eigenvalue weighted by molar-refractivity contribution is -0.144. The van der Waals surface area contributed by atoms with Crippen LogP contribution in [0.4, 0.5) is 0 Å². The standard InChI is InChI=1S/C10H14O5/c1-3-14-8(12)4-7-5-15-10(13)9(7)6(2)11/h7,9H,3-5H2,1-2H3. The predicted molar refractivity (Wildman–Crippen MR) is 49.9 cm³/mol. The van der Waals surface area contributed by atoms with Gasteiger partial charge in [0.2, 0.25) is 0 Å². The quantitative estimate of drug-likeness (QED) is 0.498. The normalized spacial score (nSPS) is 24.8. The molecule has 0 spiro atoms. The van der Waals surface area contributed by atoms with Crippen molar-refractivity contribution in [2.45, 2.75) is 20.3 Å². The molecule has 0 aliphatic carbocycles. The topological polar surface area (TPSA) is 69.7 Å². The second-order valence-electron chi connectivity index (χ2n) is 3.49. The molecule has 2 atom stereocenters. The van der Waals surface area contributed by atoms with E-state index in [-0.39, 0.29) is 24.7 Å². The van der Waals surface area contributed by atoms with Gasteiger partial charge in [0, 0.05) is 5.92 Å². The van der Waals surface area contributed by atoms with Gasteiger partial charge in [-0.15, -0.1) is 0 Å². The Morgan fingerprint density at radius 1 is 1.53 bits per heavy atom. The average molecular weight is 214 g/mol. The first kappa shape index (κ1) is 11.7. The molecule has 5 heteroatoms. The number of rotatable bonds is 4. The molecule has 1 saturated heterocycles. The molecule has 0 aromatic rings. The largest absolute Gasteiger partial charge is 0.466 e. The number of hydrogen-bond acceptors (Lipinski definition) is 5. The summed E-state index contributed by atoms with van der Waals surface area (Å²) < 4.78 is 9.50. The Balaban J connectivity index is 2.58. The van der Waals surface area contributed by atoms with Crippen molar-refractivity contribution >= 4 is 17.7 Å². The third-order valence-electron chi connectivity index (χ3n) is 2.34. The third-order valence-corrected chi connectivity index (χ3v) is 2.34. The molecule has 15 heavy (non-hydrogen) atoms. The van der Waals surface area contributed by atoms with Gasteiger partial charge in [-0.05, 0) is 13.8 Å². The van der Waals surface area contributed by atoms with Gasteiger partial charge >= 0.3 is 11.9 Å². The van der Waals surface area contributed by atoms with E-state index in [2.05, 4.69) is 0 Å². The average Bonchev–Trinajstić information content (AvgIpc) is 2.47. The number of cyclic esters (lactones) is 1. The fourth-order valence-corrected chi connectivity index (χ4v) is 1.68. The lowest BCUT2D eigenvalue weighted by atomic mass is 9.89. The van der Waals surface area contributed by atoms with Gasteiger partial charge in [0.15, 0.2) is 0 Å². The molecular weight excluding hydrogens is 200 g/mol. The Bertz CT molecular complexity index is 284. The third kappa shape index (κ3) is 2.78. The Labute approximate surface area is 87.7 Å². The zero-order chi connectivity index (χ0) is 11.4. The number of carbonyl (C=O) groups is 3. The van der Waals surface area contributed by atoms with Crippen molar-refractivity contribution in [1.29, 1.82) is 0 Å². The maximum atomic E-state index is 11.2. The summed E-state index contributed by atoms with van der Waals surface area (Å²) >= 11 is 0. The first-order valence-electron chi connectivity index (χ1n) is 4.89. The molecule has 1 aliphatic rings. The van der Waals surface area contributed by atoms with Gasteiger partial charge < -0.3 is 9.47 Å². The monoisotopic (exact) mass is 214 g/mol. The van der Waals surface area contributed by atoms with Crippen molar-refractivity contribution < 1.29 is 23.9 Å². The van der Waals surface area contributed by atoms with Crippen LogP contribution >= 0.6 is 0 Å². The minimum Gasteiger partial charge on any atom is -0.466 e. The maximum Gasteiger partial charge on any atom is 0.316 e. The van der Waals surface area contributed by atoms with Crippen LogP contribution in [0.2, 0.25) is 0 Å². The highest BCUT2D eigenvalue weighted by atomic mass is 16.5. The van der Waals surface area contributed by atoms with Crippen molar-refractivity contribution in [2.75, 3.05) is 13.2 Å². The molecule has 0 radical (unpaired) electrons. The molecule has 0 saturated carbocycles. The summed E-state index contributed by atoms with van der Waals surface area (Å²) in [6.07, 6.45) is 0.0594. The molecule has 1 heterocycles. The summed E-state index contributed by atoms with van der Waals surface area (Å²) in [6.45, 7) is 3.46. The van der Waals surface area contributed by atoms with Gasteiger partial charge in [-0.3, -0.25) is 14.4 Å². The van der Waals surface area contributed by atoms with Crippen molar-refractivity contribution in [3.05, 3.63) is 0 Å². The van der Waals surface area contributed by atoms with E-state index in [0.717, 1.165) is 0 Å². The molecule has 0 aromatic carbocycles. The van der Waals surface area contributed by atoms with E-state index in [1.807, 2.05) is 0 Å². The van der Waals surface area contributed by atoms with E-state index < -0.39 is 17.9 Å². The van der Waals surface area contributed by atoms with E-state index in [1.54, 1.807) is 6.92 Å². The predicted octanol–water partition coefficient (Wildman–Crippen LogP) is 0.318. The molecule has 0 amide bonds. The van der Waals surface area contributed by atoms with Gasteiger partial charge in [-0.25, -0.2) is 0 Å². The van der Waals surface area contributed by atoms with Crippen LogP contribution in [-0.4, -0.2) is 30.9 Å². The molecule has 1 aliphatic heterocycles. The first-order valence-corrected chi connectivity index (χ1v) is 4.89. The fraction of sp³-hybridized carbons (Fsp3) is 0.700. The highest BCUT2D eigenvalue weighted by Gasteiger charge is 2.41. The summed E-state index contributed by atoms with van der Waals surface area (Å²) in [7, 11) is 0. The number of carbonyl (C=O) groups excluding carboxylic acids is 3. The van der Waals surface area contributed by atoms with E-state index in [4.69, 9.17) is 9.47 Å². The minimum atomic E-state index is -0.797. The van der Waals surface area contributed by atoms with Gasteiger partial charge in [0.1, 0.15) is 11.7 Å². The lowest BCUT2D eigenvalue weighted by Crippen LogP contribution is -2.26. The van der Waals surface area contributed by atoms with E-state index in [9.17, 15) is 14.4 Å². The van der Waals surface area contributed by atoms with Crippen molar-refractivity contribution in [3.63, 3.8) is 0 Å². The van der Waals surface area contributed by atoms with Crippen LogP contribution in [0.1, 0.15) is 20.3 Å². The first-order chi connectivity index (χ1) is 7.06. The van der Waals surface area contributed by atoms with E-state index in [1.165, 1.54) is 6.92 Å². The molecular formula is C10H14O5. The molecule has 5 nitrogen and oxygen atoms in total. The summed E-state index contributed by atoms with van der Waals surface area (Å²) in [6, 6.07) is 0. The van der Waals surface area contributed by atoms with Crippen LogP contribution in [0, 0.1) is 11.8 Å². The van der Waals surface area contributed by atoms with Crippen LogP contribution < -0.4 is 0 Å². The Kier molecular flexibility index (Phi) is 3.82. The second-order valence-corrected chi connectivity index (χ2v) is 3.49. The highest BCUT2D eigenvalue weighted by Crippen LogP contribution is 2.26. The summed E-state index contributed by atoms with van der Waals surface area (Å²) in [4.78, 5) is 33.5. The van der Waals surface area contributed by atoms with Gasteiger partial charge in [-0.1, -0.05) is 0 Å². The minimum absolute atomic E-state index is 0.0594. The van der Waals surface area contributed by atoms with Crippen molar-refractivity contribution in [2.24, 2.45) is 11.8 Å². The summed E-state index contributed by atoms with van der Waals surface area (Å²) in [5.74, 6) is -2.35. The van der Waals surface area contributed by atoms with Crippen LogP contribution in [0.3, 0.4) is 0 Å².